The predicted molar refractivity (Wildman–Crippen MR) is 83.3 cm³/mol. The maximum absolute atomic E-state index is 9.80. The number of methoxy groups -OCH3 is 1. The van der Waals surface area contributed by atoms with Crippen molar-refractivity contribution < 1.29 is 14.9 Å². The number of aliphatic imine (C=N–C) groups is 1. The average Bonchev–Trinajstić information content (AvgIpc) is 2.53. The van der Waals surface area contributed by atoms with Crippen LogP contribution in [-0.4, -0.2) is 36.2 Å². The van der Waals surface area contributed by atoms with Gasteiger partial charge in [0.1, 0.15) is 11.5 Å². The van der Waals surface area contributed by atoms with Gasteiger partial charge in [0.25, 0.3) is 0 Å². The maximum Gasteiger partial charge on any atom is 0.124 e. The molecule has 2 aromatic rings. The maximum atomic E-state index is 9.80. The van der Waals surface area contributed by atoms with E-state index >= 15 is 0 Å². The molecule has 0 saturated carbocycles. The molecule has 0 aliphatic carbocycles. The number of ether oxygens (including phenoxy) is 1. The summed E-state index contributed by atoms with van der Waals surface area (Å²) < 4.78 is 5.12. The summed E-state index contributed by atoms with van der Waals surface area (Å²) >= 11 is 0. The fourth-order valence-electron chi connectivity index (χ4n) is 2.00. The molecule has 1 atom stereocenters. The van der Waals surface area contributed by atoms with Crippen LogP contribution in [0.15, 0.2) is 53.5 Å². The summed E-state index contributed by atoms with van der Waals surface area (Å²) in [5.41, 5.74) is 1.68. The molecule has 0 aromatic heterocycles. The lowest BCUT2D eigenvalue weighted by atomic mass is 10.1. The molecule has 4 heteroatoms. The SMILES string of the molecule is COc1ccc(O)c(C=N[C@@H](CO)Cc2ccccc2)c1. The van der Waals surface area contributed by atoms with E-state index in [1.807, 2.05) is 30.3 Å². The van der Waals surface area contributed by atoms with Crippen molar-refractivity contribution in [2.45, 2.75) is 12.5 Å². The zero-order valence-electron chi connectivity index (χ0n) is 11.9. The highest BCUT2D eigenvalue weighted by Gasteiger charge is 2.07. The standard InChI is InChI=1S/C17H19NO3/c1-21-16-7-8-17(20)14(10-16)11-18-15(12-19)9-13-5-3-2-4-6-13/h2-8,10-11,15,19-20H,9,12H2,1H3/t15-/m1/s1. The van der Waals surface area contributed by atoms with E-state index < -0.39 is 0 Å². The van der Waals surface area contributed by atoms with Crippen molar-refractivity contribution in [1.82, 2.24) is 0 Å². The summed E-state index contributed by atoms with van der Waals surface area (Å²) in [4.78, 5) is 4.35. The number of aromatic hydroxyl groups is 1. The number of phenolic OH excluding ortho intramolecular Hbond substituents is 1. The number of hydrogen-bond acceptors (Lipinski definition) is 4. The minimum absolute atomic E-state index is 0.0455. The predicted octanol–water partition coefficient (Wildman–Crippen LogP) is 2.42. The Hall–Kier alpha value is -2.33. The molecule has 0 saturated heterocycles. The molecular formula is C17H19NO3. The second kappa shape index (κ2) is 7.45. The first-order chi connectivity index (χ1) is 10.2. The summed E-state index contributed by atoms with van der Waals surface area (Å²) in [5.74, 6) is 0.786. The summed E-state index contributed by atoms with van der Waals surface area (Å²) in [6.45, 7) is -0.0455. The van der Waals surface area contributed by atoms with Gasteiger partial charge in [0.15, 0.2) is 0 Å². The van der Waals surface area contributed by atoms with Crippen molar-refractivity contribution in [2.24, 2.45) is 4.99 Å². The van der Waals surface area contributed by atoms with Crippen LogP contribution >= 0.6 is 0 Å². The van der Waals surface area contributed by atoms with E-state index in [0.717, 1.165) is 5.56 Å². The first-order valence-corrected chi connectivity index (χ1v) is 6.78. The van der Waals surface area contributed by atoms with Crippen molar-refractivity contribution >= 4 is 6.21 Å². The Morgan fingerprint density at radius 2 is 1.95 bits per heavy atom. The molecule has 0 radical (unpaired) electrons. The molecule has 21 heavy (non-hydrogen) atoms. The second-order valence-corrected chi connectivity index (χ2v) is 4.73. The molecule has 0 bridgehead atoms. The Morgan fingerprint density at radius 3 is 2.62 bits per heavy atom. The van der Waals surface area contributed by atoms with Gasteiger partial charge in [-0.25, -0.2) is 0 Å². The lowest BCUT2D eigenvalue weighted by Crippen LogP contribution is -2.14. The molecule has 0 aliphatic rings. The molecule has 2 N–H and O–H groups in total. The number of hydrogen-bond donors (Lipinski definition) is 2. The Kier molecular flexibility index (Phi) is 5.35. The Bertz CT molecular complexity index is 596. The largest absolute Gasteiger partial charge is 0.507 e. The van der Waals surface area contributed by atoms with E-state index in [1.54, 1.807) is 31.5 Å². The third-order valence-corrected chi connectivity index (χ3v) is 3.18. The van der Waals surface area contributed by atoms with E-state index in [9.17, 15) is 10.2 Å². The second-order valence-electron chi connectivity index (χ2n) is 4.73. The van der Waals surface area contributed by atoms with Gasteiger partial charge >= 0.3 is 0 Å². The van der Waals surface area contributed by atoms with E-state index in [1.165, 1.54) is 0 Å². The van der Waals surface area contributed by atoms with Crippen LogP contribution in [0.4, 0.5) is 0 Å². The number of aliphatic hydroxyl groups is 1. The van der Waals surface area contributed by atoms with Crippen molar-refractivity contribution in [1.29, 1.82) is 0 Å². The Balaban J connectivity index is 2.10. The minimum Gasteiger partial charge on any atom is -0.507 e. The summed E-state index contributed by atoms with van der Waals surface area (Å²) in [6.07, 6.45) is 2.22. The van der Waals surface area contributed by atoms with Gasteiger partial charge in [0.05, 0.1) is 19.8 Å². The molecular weight excluding hydrogens is 266 g/mol. The molecule has 0 amide bonds. The average molecular weight is 285 g/mol. The van der Waals surface area contributed by atoms with E-state index in [2.05, 4.69) is 4.99 Å². The fourth-order valence-corrected chi connectivity index (χ4v) is 2.00. The molecule has 0 heterocycles. The van der Waals surface area contributed by atoms with Gasteiger partial charge in [-0.2, -0.15) is 0 Å². The molecule has 0 aliphatic heterocycles. The monoisotopic (exact) mass is 285 g/mol. The highest BCUT2D eigenvalue weighted by molar-refractivity contribution is 5.84. The van der Waals surface area contributed by atoms with Crippen LogP contribution in [0.3, 0.4) is 0 Å². The van der Waals surface area contributed by atoms with Crippen molar-refractivity contribution in [3.05, 3.63) is 59.7 Å². The van der Waals surface area contributed by atoms with Gasteiger partial charge in [-0.15, -0.1) is 0 Å². The van der Waals surface area contributed by atoms with Crippen LogP contribution in [-0.2, 0) is 6.42 Å². The van der Waals surface area contributed by atoms with Crippen molar-refractivity contribution in [3.8, 4) is 11.5 Å². The molecule has 0 fully saturated rings. The number of rotatable bonds is 6. The van der Waals surface area contributed by atoms with E-state index in [0.29, 0.717) is 17.7 Å². The molecule has 0 unspecified atom stereocenters. The molecule has 110 valence electrons. The van der Waals surface area contributed by atoms with E-state index in [-0.39, 0.29) is 18.4 Å². The molecule has 0 spiro atoms. The number of nitrogens with zero attached hydrogens (tertiary/aromatic N) is 1. The summed E-state index contributed by atoms with van der Waals surface area (Å²) in [6, 6.07) is 14.6. The first kappa shape index (κ1) is 15.1. The summed E-state index contributed by atoms with van der Waals surface area (Å²) in [5, 5.41) is 19.2. The van der Waals surface area contributed by atoms with Crippen molar-refractivity contribution in [3.63, 3.8) is 0 Å². The first-order valence-electron chi connectivity index (χ1n) is 6.78. The normalized spacial score (nSPS) is 12.5. The van der Waals surface area contributed by atoms with Crippen LogP contribution in [0.1, 0.15) is 11.1 Å². The van der Waals surface area contributed by atoms with Crippen LogP contribution < -0.4 is 4.74 Å². The van der Waals surface area contributed by atoms with Gasteiger partial charge in [0, 0.05) is 11.8 Å². The fraction of sp³-hybridized carbons (Fsp3) is 0.235. The zero-order valence-corrected chi connectivity index (χ0v) is 11.9. The molecule has 4 nitrogen and oxygen atoms in total. The third-order valence-electron chi connectivity index (χ3n) is 3.18. The van der Waals surface area contributed by atoms with E-state index in [4.69, 9.17) is 4.74 Å². The van der Waals surface area contributed by atoms with Gasteiger partial charge < -0.3 is 14.9 Å². The summed E-state index contributed by atoms with van der Waals surface area (Å²) in [7, 11) is 1.57. The highest BCUT2D eigenvalue weighted by Crippen LogP contribution is 2.21. The van der Waals surface area contributed by atoms with Gasteiger partial charge in [-0.1, -0.05) is 30.3 Å². The lowest BCUT2D eigenvalue weighted by molar-refractivity contribution is 0.266. The van der Waals surface area contributed by atoms with Crippen LogP contribution in [0, 0.1) is 0 Å². The topological polar surface area (TPSA) is 62.0 Å². The van der Waals surface area contributed by atoms with Crippen LogP contribution in [0.5, 0.6) is 11.5 Å². The number of aliphatic hydroxyl groups excluding tert-OH is 1. The third kappa shape index (κ3) is 4.33. The smallest absolute Gasteiger partial charge is 0.124 e. The number of benzene rings is 2. The van der Waals surface area contributed by atoms with Gasteiger partial charge in [-0.3, -0.25) is 4.99 Å². The van der Waals surface area contributed by atoms with Gasteiger partial charge in [-0.05, 0) is 30.2 Å². The Morgan fingerprint density at radius 1 is 1.19 bits per heavy atom. The van der Waals surface area contributed by atoms with Crippen LogP contribution in [0.25, 0.3) is 0 Å². The molecule has 2 aromatic carbocycles. The van der Waals surface area contributed by atoms with Gasteiger partial charge in [0.2, 0.25) is 0 Å². The van der Waals surface area contributed by atoms with Crippen molar-refractivity contribution in [2.75, 3.05) is 13.7 Å². The molecule has 2 rings (SSSR count). The quantitative estimate of drug-likeness (QED) is 0.801. The lowest BCUT2D eigenvalue weighted by Gasteiger charge is -2.09. The Labute approximate surface area is 124 Å². The van der Waals surface area contributed by atoms with Crippen LogP contribution in [0.2, 0.25) is 0 Å². The number of phenols is 1. The highest BCUT2D eigenvalue weighted by atomic mass is 16.5. The minimum atomic E-state index is -0.238. The zero-order chi connectivity index (χ0) is 15.1.